The summed E-state index contributed by atoms with van der Waals surface area (Å²) in [5.74, 6) is -0.234. The number of benzene rings is 1. The number of aromatic nitrogens is 2. The van der Waals surface area contributed by atoms with E-state index in [1.165, 1.54) is 0 Å². The molecule has 1 aliphatic rings. The van der Waals surface area contributed by atoms with Gasteiger partial charge in [-0.25, -0.2) is 4.79 Å². The third-order valence-electron chi connectivity index (χ3n) is 3.03. The lowest BCUT2D eigenvalue weighted by Crippen LogP contribution is -2.49. The van der Waals surface area contributed by atoms with E-state index in [0.29, 0.717) is 13.0 Å². The Labute approximate surface area is 117 Å². The van der Waals surface area contributed by atoms with E-state index in [2.05, 4.69) is 26.3 Å². The second-order valence-electron chi connectivity index (χ2n) is 4.42. The molecule has 1 fully saturated rings. The van der Waals surface area contributed by atoms with E-state index in [-0.39, 0.29) is 11.9 Å². The molecule has 2 heterocycles. The number of carbonyl (C=O) groups is 2. The number of hydrogen-bond acceptors (Lipinski definition) is 3. The van der Waals surface area contributed by atoms with E-state index in [4.69, 9.17) is 0 Å². The first-order valence-electron chi connectivity index (χ1n) is 5.79. The lowest BCUT2D eigenvalue weighted by molar-refractivity contribution is -0.120. The molecular weight excluding hydrogens is 312 g/mol. The summed E-state index contributed by atoms with van der Waals surface area (Å²) in [5.41, 5.74) is 1.59. The van der Waals surface area contributed by atoms with E-state index in [1.54, 1.807) is 9.58 Å². The van der Waals surface area contributed by atoms with E-state index >= 15 is 0 Å². The van der Waals surface area contributed by atoms with Crippen molar-refractivity contribution >= 4 is 44.5 Å². The molecule has 0 bridgehead atoms. The number of nitrogens with zero attached hydrogens (tertiary/aromatic N) is 3. The molecule has 1 aromatic carbocycles. The standard InChI is InChI=1S/C12H11BrN4O2/c1-16-6-7-4-8(5-9(13)11(7)15-16)17-3-2-10(18)14-12(17)19/h4-6H,2-3H2,1H3,(H,14,18,19). The van der Waals surface area contributed by atoms with E-state index in [0.717, 1.165) is 21.1 Å². The first kappa shape index (κ1) is 12.2. The highest BCUT2D eigenvalue weighted by atomic mass is 79.9. The first-order chi connectivity index (χ1) is 9.04. The summed E-state index contributed by atoms with van der Waals surface area (Å²) in [6, 6.07) is 3.35. The first-order valence-corrected chi connectivity index (χ1v) is 6.58. The number of imide groups is 1. The molecule has 6 nitrogen and oxygen atoms in total. The summed E-state index contributed by atoms with van der Waals surface area (Å²) >= 11 is 3.46. The average Bonchev–Trinajstić information content (AvgIpc) is 2.70. The van der Waals surface area contributed by atoms with Crippen molar-refractivity contribution in [3.05, 3.63) is 22.8 Å². The quantitative estimate of drug-likeness (QED) is 0.870. The normalized spacial score (nSPS) is 16.0. The van der Waals surface area contributed by atoms with Crippen LogP contribution in [0.15, 0.2) is 22.8 Å². The highest BCUT2D eigenvalue weighted by molar-refractivity contribution is 9.10. The third-order valence-corrected chi connectivity index (χ3v) is 3.63. The Bertz CT molecular complexity index is 694. The number of anilines is 1. The number of halogens is 1. The van der Waals surface area contributed by atoms with E-state index in [9.17, 15) is 9.59 Å². The molecule has 98 valence electrons. The fourth-order valence-electron chi connectivity index (χ4n) is 2.16. The predicted octanol–water partition coefficient (Wildman–Crippen LogP) is 1.78. The Morgan fingerprint density at radius 2 is 2.16 bits per heavy atom. The lowest BCUT2D eigenvalue weighted by atomic mass is 10.2. The average molecular weight is 323 g/mol. The molecule has 0 atom stereocenters. The van der Waals surface area contributed by atoms with Crippen LogP contribution in [-0.2, 0) is 11.8 Å². The van der Waals surface area contributed by atoms with Crippen molar-refractivity contribution in [2.45, 2.75) is 6.42 Å². The molecule has 2 aromatic rings. The van der Waals surface area contributed by atoms with Crippen LogP contribution in [0.1, 0.15) is 6.42 Å². The van der Waals surface area contributed by atoms with Gasteiger partial charge in [-0.2, -0.15) is 5.10 Å². The van der Waals surface area contributed by atoms with Crippen LogP contribution in [0.3, 0.4) is 0 Å². The van der Waals surface area contributed by atoms with Gasteiger partial charge in [-0.05, 0) is 28.1 Å². The summed E-state index contributed by atoms with van der Waals surface area (Å²) in [6.45, 7) is 0.392. The molecule has 1 N–H and O–H groups in total. The van der Waals surface area contributed by atoms with Crippen LogP contribution in [-0.4, -0.2) is 28.3 Å². The van der Waals surface area contributed by atoms with Crippen molar-refractivity contribution < 1.29 is 9.59 Å². The van der Waals surface area contributed by atoms with Crippen molar-refractivity contribution in [2.24, 2.45) is 7.05 Å². The monoisotopic (exact) mass is 322 g/mol. The minimum atomic E-state index is -0.383. The van der Waals surface area contributed by atoms with Gasteiger partial charge in [0.15, 0.2) is 0 Å². The number of fused-ring (bicyclic) bond motifs is 1. The summed E-state index contributed by atoms with van der Waals surface area (Å²) < 4.78 is 2.55. The third kappa shape index (κ3) is 2.10. The maximum absolute atomic E-state index is 11.8. The van der Waals surface area contributed by atoms with Gasteiger partial charge in [0.25, 0.3) is 0 Å². The van der Waals surface area contributed by atoms with Crippen molar-refractivity contribution in [2.75, 3.05) is 11.4 Å². The van der Waals surface area contributed by atoms with Gasteiger partial charge in [0.1, 0.15) is 5.52 Å². The highest BCUT2D eigenvalue weighted by Gasteiger charge is 2.25. The van der Waals surface area contributed by atoms with Gasteiger partial charge in [0.05, 0.1) is 0 Å². The van der Waals surface area contributed by atoms with Crippen LogP contribution in [0.25, 0.3) is 10.9 Å². The van der Waals surface area contributed by atoms with Gasteiger partial charge < -0.3 is 0 Å². The predicted molar refractivity (Wildman–Crippen MR) is 73.9 cm³/mol. The summed E-state index contributed by atoms with van der Waals surface area (Å²) in [7, 11) is 1.85. The molecule has 1 aliphatic heterocycles. The fourth-order valence-corrected chi connectivity index (χ4v) is 2.71. The molecule has 3 amide bonds. The minimum Gasteiger partial charge on any atom is -0.294 e. The zero-order chi connectivity index (χ0) is 13.6. The van der Waals surface area contributed by atoms with Crippen molar-refractivity contribution in [1.82, 2.24) is 15.1 Å². The van der Waals surface area contributed by atoms with E-state index in [1.807, 2.05) is 25.4 Å². The van der Waals surface area contributed by atoms with Gasteiger partial charge in [-0.3, -0.25) is 19.7 Å². The molecule has 3 rings (SSSR count). The Morgan fingerprint density at radius 1 is 1.37 bits per heavy atom. The second kappa shape index (κ2) is 4.34. The summed E-state index contributed by atoms with van der Waals surface area (Å²) in [4.78, 5) is 24.5. The zero-order valence-corrected chi connectivity index (χ0v) is 11.8. The van der Waals surface area contributed by atoms with Crippen LogP contribution < -0.4 is 10.2 Å². The van der Waals surface area contributed by atoms with Crippen LogP contribution >= 0.6 is 15.9 Å². The number of hydrogen-bond donors (Lipinski definition) is 1. The van der Waals surface area contributed by atoms with Gasteiger partial charge in [-0.1, -0.05) is 0 Å². The molecule has 0 radical (unpaired) electrons. The molecule has 1 aromatic heterocycles. The maximum atomic E-state index is 11.8. The van der Waals surface area contributed by atoms with Crippen molar-refractivity contribution in [1.29, 1.82) is 0 Å². The van der Waals surface area contributed by atoms with Gasteiger partial charge in [0.2, 0.25) is 5.91 Å². The van der Waals surface area contributed by atoms with Crippen LogP contribution in [0.5, 0.6) is 0 Å². The van der Waals surface area contributed by atoms with Crippen LogP contribution in [0.4, 0.5) is 10.5 Å². The minimum absolute atomic E-state index is 0.234. The Balaban J connectivity index is 2.05. The Kier molecular flexibility index (Phi) is 2.78. The lowest BCUT2D eigenvalue weighted by Gasteiger charge is -2.26. The summed E-state index contributed by atoms with van der Waals surface area (Å²) in [5, 5.41) is 7.58. The number of rotatable bonds is 1. The molecule has 0 unspecified atom stereocenters. The second-order valence-corrected chi connectivity index (χ2v) is 5.28. The maximum Gasteiger partial charge on any atom is 0.328 e. The van der Waals surface area contributed by atoms with Gasteiger partial charge in [-0.15, -0.1) is 0 Å². The Morgan fingerprint density at radius 3 is 2.89 bits per heavy atom. The van der Waals surface area contributed by atoms with Crippen molar-refractivity contribution in [3.8, 4) is 0 Å². The highest BCUT2D eigenvalue weighted by Crippen LogP contribution is 2.29. The fraction of sp³-hybridized carbons (Fsp3) is 0.250. The molecular formula is C12H11BrN4O2. The number of amides is 3. The topological polar surface area (TPSA) is 67.2 Å². The largest absolute Gasteiger partial charge is 0.328 e. The molecule has 19 heavy (non-hydrogen) atoms. The van der Waals surface area contributed by atoms with E-state index < -0.39 is 0 Å². The van der Waals surface area contributed by atoms with Crippen LogP contribution in [0.2, 0.25) is 0 Å². The SMILES string of the molecule is Cn1cc2cc(N3CCC(=O)NC3=O)cc(Br)c2n1. The van der Waals surface area contributed by atoms with Crippen LogP contribution in [0, 0.1) is 0 Å². The molecule has 7 heteroatoms. The number of aryl methyl sites for hydroxylation is 1. The molecule has 0 spiro atoms. The number of carbonyl (C=O) groups excluding carboxylic acids is 2. The smallest absolute Gasteiger partial charge is 0.294 e. The summed E-state index contributed by atoms with van der Waals surface area (Å²) in [6.07, 6.45) is 2.20. The Hall–Kier alpha value is -1.89. The zero-order valence-electron chi connectivity index (χ0n) is 10.2. The number of nitrogens with one attached hydrogen (secondary N) is 1. The molecule has 0 saturated carbocycles. The number of urea groups is 1. The molecule has 0 aliphatic carbocycles. The van der Waals surface area contributed by atoms with Gasteiger partial charge in [0, 0.05) is 41.8 Å². The molecule has 1 saturated heterocycles. The van der Waals surface area contributed by atoms with Gasteiger partial charge >= 0.3 is 6.03 Å². The van der Waals surface area contributed by atoms with Crippen molar-refractivity contribution in [3.63, 3.8) is 0 Å².